The van der Waals surface area contributed by atoms with E-state index in [4.69, 9.17) is 16.0 Å². The molecular weight excluding hydrogens is 496 g/mol. The minimum Gasteiger partial charge on any atom is -0.468 e. The zero-order valence-corrected chi connectivity index (χ0v) is 21.2. The number of nitriles is 1. The first kappa shape index (κ1) is 25.2. The van der Waals surface area contributed by atoms with Gasteiger partial charge in [0.25, 0.3) is 5.91 Å². The fourth-order valence-corrected chi connectivity index (χ4v) is 4.87. The zero-order chi connectivity index (χ0) is 25.7. The van der Waals surface area contributed by atoms with Crippen LogP contribution in [0.4, 0.5) is 11.4 Å². The average molecular weight is 519 g/mol. The molecule has 0 spiro atoms. The molecule has 9 heteroatoms. The number of hydrogen-bond donors (Lipinski definition) is 3. The van der Waals surface area contributed by atoms with Crippen LogP contribution >= 0.6 is 23.4 Å². The van der Waals surface area contributed by atoms with Gasteiger partial charge in [-0.05, 0) is 55.8 Å². The summed E-state index contributed by atoms with van der Waals surface area (Å²) in [5, 5.41) is 20.0. The molecule has 2 aromatic carbocycles. The van der Waals surface area contributed by atoms with Crippen molar-refractivity contribution in [3.05, 3.63) is 105 Å². The minimum absolute atomic E-state index is 0.0444. The predicted octanol–water partition coefficient (Wildman–Crippen LogP) is 5.95. The Morgan fingerprint density at radius 2 is 1.86 bits per heavy atom. The lowest BCUT2D eigenvalue weighted by Crippen LogP contribution is -2.31. The Morgan fingerprint density at radius 3 is 2.53 bits per heavy atom. The first-order chi connectivity index (χ1) is 17.4. The van der Waals surface area contributed by atoms with Crippen LogP contribution in [0.3, 0.4) is 0 Å². The standard InChI is InChI=1S/C27H23ClN4O3S/c1-16-10-11-19(13-21(16)28)31-23(33)15-36-27-20(14-29)25(22-9-6-12-35-22)24(17(2)30-27)26(34)32-18-7-4-3-5-8-18/h3-13,25,30H,15H2,1-2H3,(H,31,33)(H,32,34)/t25-/m1/s1. The number of amides is 2. The summed E-state index contributed by atoms with van der Waals surface area (Å²) < 4.78 is 5.63. The van der Waals surface area contributed by atoms with Crippen LogP contribution in [0.25, 0.3) is 0 Å². The zero-order valence-electron chi connectivity index (χ0n) is 19.6. The fraction of sp³-hybridized carbons (Fsp3) is 0.148. The average Bonchev–Trinajstić information content (AvgIpc) is 3.40. The first-order valence-corrected chi connectivity index (χ1v) is 12.4. The van der Waals surface area contributed by atoms with Crippen molar-refractivity contribution in [1.82, 2.24) is 5.32 Å². The van der Waals surface area contributed by atoms with Gasteiger partial charge in [0, 0.05) is 22.1 Å². The molecule has 0 bridgehead atoms. The third-order valence-electron chi connectivity index (χ3n) is 5.55. The van der Waals surface area contributed by atoms with Gasteiger partial charge in [0.2, 0.25) is 5.91 Å². The second-order valence-corrected chi connectivity index (χ2v) is 9.48. The number of thioether (sulfide) groups is 1. The highest BCUT2D eigenvalue weighted by atomic mass is 35.5. The van der Waals surface area contributed by atoms with Crippen molar-refractivity contribution < 1.29 is 14.0 Å². The van der Waals surface area contributed by atoms with Gasteiger partial charge < -0.3 is 20.4 Å². The Balaban J connectivity index is 1.57. The van der Waals surface area contributed by atoms with Crippen LogP contribution in [-0.2, 0) is 9.59 Å². The fourth-order valence-electron chi connectivity index (χ4n) is 3.79. The van der Waals surface area contributed by atoms with Crippen molar-refractivity contribution >= 4 is 46.6 Å². The Labute approximate surface area is 218 Å². The third kappa shape index (κ3) is 5.65. The van der Waals surface area contributed by atoms with Crippen molar-refractivity contribution in [3.63, 3.8) is 0 Å². The summed E-state index contributed by atoms with van der Waals surface area (Å²) in [4.78, 5) is 25.9. The molecule has 3 N–H and O–H groups in total. The Bertz CT molecular complexity index is 1390. The predicted molar refractivity (Wildman–Crippen MR) is 142 cm³/mol. The summed E-state index contributed by atoms with van der Waals surface area (Å²) in [7, 11) is 0. The van der Waals surface area contributed by atoms with Gasteiger partial charge >= 0.3 is 0 Å². The first-order valence-electron chi connectivity index (χ1n) is 11.1. The maximum atomic E-state index is 13.3. The normalized spacial score (nSPS) is 15.2. The van der Waals surface area contributed by atoms with E-state index >= 15 is 0 Å². The smallest absolute Gasteiger partial charge is 0.254 e. The summed E-state index contributed by atoms with van der Waals surface area (Å²) in [6.45, 7) is 3.65. The van der Waals surface area contributed by atoms with Gasteiger partial charge in [0.05, 0.1) is 40.2 Å². The number of benzene rings is 2. The number of halogens is 1. The molecule has 2 amide bonds. The van der Waals surface area contributed by atoms with Crippen LogP contribution in [-0.4, -0.2) is 17.6 Å². The number of carbonyl (C=O) groups excluding carboxylic acids is 2. The number of aryl methyl sites for hydroxylation is 1. The van der Waals surface area contributed by atoms with E-state index in [2.05, 4.69) is 22.0 Å². The Hall–Kier alpha value is -3.93. The summed E-state index contributed by atoms with van der Waals surface area (Å²) >= 11 is 7.33. The van der Waals surface area contributed by atoms with E-state index in [9.17, 15) is 14.9 Å². The number of carbonyl (C=O) groups is 2. The number of anilines is 2. The molecule has 36 heavy (non-hydrogen) atoms. The summed E-state index contributed by atoms with van der Waals surface area (Å²) in [5.74, 6) is -0.824. The molecule has 0 saturated carbocycles. The van der Waals surface area contributed by atoms with Gasteiger partial charge in [-0.2, -0.15) is 5.26 Å². The van der Waals surface area contributed by atoms with E-state index in [0.29, 0.717) is 44.0 Å². The molecule has 182 valence electrons. The quantitative estimate of drug-likeness (QED) is 0.357. The van der Waals surface area contributed by atoms with Gasteiger partial charge in [-0.15, -0.1) is 0 Å². The van der Waals surface area contributed by atoms with E-state index in [0.717, 1.165) is 5.56 Å². The summed E-state index contributed by atoms with van der Waals surface area (Å²) in [6.07, 6.45) is 1.50. The molecule has 1 aliphatic rings. The van der Waals surface area contributed by atoms with Gasteiger partial charge in [0.15, 0.2) is 0 Å². The van der Waals surface area contributed by atoms with Gasteiger partial charge in [-0.1, -0.05) is 47.6 Å². The maximum absolute atomic E-state index is 13.3. The van der Waals surface area contributed by atoms with Crippen LogP contribution in [0.2, 0.25) is 5.02 Å². The molecule has 1 atom stereocenters. The topological polar surface area (TPSA) is 107 Å². The number of furan rings is 1. The molecular formula is C27H23ClN4O3S. The minimum atomic E-state index is -0.726. The third-order valence-corrected chi connectivity index (χ3v) is 6.98. The number of hydrogen-bond acceptors (Lipinski definition) is 6. The summed E-state index contributed by atoms with van der Waals surface area (Å²) in [5.41, 5.74) is 3.37. The van der Waals surface area contributed by atoms with E-state index in [1.807, 2.05) is 31.2 Å². The largest absolute Gasteiger partial charge is 0.468 e. The molecule has 0 fully saturated rings. The number of allylic oxidation sites excluding steroid dienone is 2. The van der Waals surface area contributed by atoms with E-state index < -0.39 is 5.92 Å². The van der Waals surface area contributed by atoms with E-state index in [1.54, 1.807) is 43.3 Å². The van der Waals surface area contributed by atoms with Crippen LogP contribution in [0.5, 0.6) is 0 Å². The Morgan fingerprint density at radius 1 is 1.08 bits per heavy atom. The van der Waals surface area contributed by atoms with Gasteiger partial charge in [-0.25, -0.2) is 0 Å². The van der Waals surface area contributed by atoms with Crippen LogP contribution < -0.4 is 16.0 Å². The highest BCUT2D eigenvalue weighted by Gasteiger charge is 2.36. The van der Waals surface area contributed by atoms with Crippen molar-refractivity contribution in [1.29, 1.82) is 5.26 Å². The van der Waals surface area contributed by atoms with Crippen LogP contribution in [0.1, 0.15) is 24.2 Å². The maximum Gasteiger partial charge on any atom is 0.254 e. The second kappa shape index (κ2) is 11.2. The highest BCUT2D eigenvalue weighted by molar-refractivity contribution is 8.03. The highest BCUT2D eigenvalue weighted by Crippen LogP contribution is 2.41. The second-order valence-electron chi connectivity index (χ2n) is 8.09. The number of para-hydroxylation sites is 1. The summed E-state index contributed by atoms with van der Waals surface area (Å²) in [6, 6.07) is 20.0. The lowest BCUT2D eigenvalue weighted by atomic mass is 9.85. The van der Waals surface area contributed by atoms with Crippen LogP contribution in [0, 0.1) is 18.3 Å². The molecule has 4 rings (SSSR count). The van der Waals surface area contributed by atoms with Crippen molar-refractivity contribution in [2.24, 2.45) is 0 Å². The number of nitrogens with one attached hydrogen (secondary N) is 3. The molecule has 1 aliphatic heterocycles. The molecule has 7 nitrogen and oxygen atoms in total. The van der Waals surface area contributed by atoms with Gasteiger partial charge in [0.1, 0.15) is 5.76 Å². The van der Waals surface area contributed by atoms with Crippen molar-refractivity contribution in [2.75, 3.05) is 16.4 Å². The Kier molecular flexibility index (Phi) is 7.84. The molecule has 0 aliphatic carbocycles. The number of dihydropyridines is 1. The van der Waals surface area contributed by atoms with Crippen molar-refractivity contribution in [2.45, 2.75) is 19.8 Å². The lowest BCUT2D eigenvalue weighted by molar-refractivity contribution is -0.114. The lowest BCUT2D eigenvalue weighted by Gasteiger charge is -2.28. The van der Waals surface area contributed by atoms with Gasteiger partial charge in [-0.3, -0.25) is 9.59 Å². The van der Waals surface area contributed by atoms with E-state index in [-0.39, 0.29) is 17.6 Å². The molecule has 3 aromatic rings. The molecule has 0 saturated heterocycles. The van der Waals surface area contributed by atoms with Crippen molar-refractivity contribution in [3.8, 4) is 6.07 Å². The van der Waals surface area contributed by atoms with E-state index in [1.165, 1.54) is 18.0 Å². The number of nitrogens with zero attached hydrogens (tertiary/aromatic N) is 1. The monoisotopic (exact) mass is 518 g/mol. The molecule has 0 unspecified atom stereocenters. The molecule has 1 aromatic heterocycles. The molecule has 2 heterocycles. The SMILES string of the molecule is CC1=C(C(=O)Nc2ccccc2)[C@@H](c2ccco2)C(C#N)=C(SCC(=O)Nc2ccc(C)c(Cl)c2)N1. The number of rotatable bonds is 7. The van der Waals surface area contributed by atoms with Crippen LogP contribution in [0.15, 0.2) is 93.2 Å². The molecule has 0 radical (unpaired) electrons.